The summed E-state index contributed by atoms with van der Waals surface area (Å²) in [6.45, 7) is 1.48. The van der Waals surface area contributed by atoms with E-state index in [0.29, 0.717) is 28.4 Å². The second kappa shape index (κ2) is 7.34. The van der Waals surface area contributed by atoms with Gasteiger partial charge in [0, 0.05) is 24.6 Å². The lowest BCUT2D eigenvalue weighted by Gasteiger charge is -2.34. The van der Waals surface area contributed by atoms with E-state index in [9.17, 15) is 14.4 Å². The summed E-state index contributed by atoms with van der Waals surface area (Å²) >= 11 is 0. The van der Waals surface area contributed by atoms with Gasteiger partial charge in [0.25, 0.3) is 0 Å². The Morgan fingerprint density at radius 3 is 2.43 bits per heavy atom. The molecule has 3 rings (SSSR count). The number of Topliss-reactive ketones (excluding diaryl/α,β-unsaturated/α-hetero) is 1. The molecule has 2 aromatic rings. The number of likely N-dealkylation sites (tertiary alicyclic amines) is 1. The number of ketones is 1. The molecule has 1 saturated heterocycles. The summed E-state index contributed by atoms with van der Waals surface area (Å²) in [5, 5.41) is 0. The number of hydrogen-bond donors (Lipinski definition) is 1. The number of rotatable bonds is 6. The van der Waals surface area contributed by atoms with Gasteiger partial charge >= 0.3 is 0 Å². The van der Waals surface area contributed by atoms with E-state index >= 15 is 0 Å². The minimum Gasteiger partial charge on any atom is -0.496 e. The molecule has 0 aliphatic carbocycles. The topological polar surface area (TPSA) is 98.9 Å². The van der Waals surface area contributed by atoms with E-state index in [4.69, 9.17) is 15.2 Å². The van der Waals surface area contributed by atoms with E-state index in [-0.39, 0.29) is 24.5 Å². The number of primary amides is 1. The fraction of sp³-hybridized carbons (Fsp3) is 0.286. The highest BCUT2D eigenvalue weighted by Crippen LogP contribution is 2.44. The molecule has 2 amide bonds. The predicted octanol–water partition coefficient (Wildman–Crippen LogP) is 2.62. The molecule has 1 aliphatic rings. The van der Waals surface area contributed by atoms with Crippen molar-refractivity contribution >= 4 is 17.6 Å². The molecule has 1 atom stereocenters. The largest absolute Gasteiger partial charge is 0.496 e. The Hall–Kier alpha value is -3.35. The monoisotopic (exact) mass is 382 g/mol. The van der Waals surface area contributed by atoms with Gasteiger partial charge in [0.1, 0.15) is 17.2 Å². The SMILES string of the molecule is COc1ccc(Oc2cccc(C(C)=O)c2)cc1C1(C(N)=O)CCC(=O)N1C. The molecule has 1 heterocycles. The summed E-state index contributed by atoms with van der Waals surface area (Å²) in [7, 11) is 3.05. The first-order valence-electron chi connectivity index (χ1n) is 8.83. The lowest BCUT2D eigenvalue weighted by molar-refractivity contribution is -0.138. The van der Waals surface area contributed by atoms with Crippen molar-refractivity contribution in [3.63, 3.8) is 0 Å². The molecule has 1 unspecified atom stereocenters. The second-order valence-corrected chi connectivity index (χ2v) is 6.73. The van der Waals surface area contributed by atoms with Crippen molar-refractivity contribution in [2.45, 2.75) is 25.3 Å². The van der Waals surface area contributed by atoms with Crippen LogP contribution in [0, 0.1) is 0 Å². The Balaban J connectivity index is 2.06. The van der Waals surface area contributed by atoms with E-state index in [1.165, 1.54) is 18.9 Å². The van der Waals surface area contributed by atoms with Crippen LogP contribution in [0.25, 0.3) is 0 Å². The number of benzene rings is 2. The van der Waals surface area contributed by atoms with Crippen LogP contribution in [0.15, 0.2) is 42.5 Å². The van der Waals surface area contributed by atoms with Gasteiger partial charge in [0.15, 0.2) is 11.3 Å². The van der Waals surface area contributed by atoms with Crippen molar-refractivity contribution in [3.05, 3.63) is 53.6 Å². The Morgan fingerprint density at radius 2 is 1.86 bits per heavy atom. The zero-order valence-electron chi connectivity index (χ0n) is 16.0. The molecule has 28 heavy (non-hydrogen) atoms. The molecule has 2 aromatic carbocycles. The molecular formula is C21H22N2O5. The number of methoxy groups -OCH3 is 1. The van der Waals surface area contributed by atoms with Crippen LogP contribution < -0.4 is 15.2 Å². The smallest absolute Gasteiger partial charge is 0.248 e. The third kappa shape index (κ3) is 3.19. The molecule has 0 bridgehead atoms. The van der Waals surface area contributed by atoms with Crippen LogP contribution in [-0.4, -0.2) is 36.7 Å². The van der Waals surface area contributed by atoms with Gasteiger partial charge in [-0.2, -0.15) is 0 Å². The van der Waals surface area contributed by atoms with E-state index in [1.54, 1.807) is 49.5 Å². The van der Waals surface area contributed by atoms with Crippen LogP contribution in [0.3, 0.4) is 0 Å². The second-order valence-electron chi connectivity index (χ2n) is 6.73. The Labute approximate surface area is 163 Å². The number of likely N-dealkylation sites (N-methyl/N-ethyl adjacent to an activating group) is 1. The lowest BCUT2D eigenvalue weighted by Crippen LogP contribution is -2.50. The molecule has 2 N–H and O–H groups in total. The zero-order valence-corrected chi connectivity index (χ0v) is 16.0. The van der Waals surface area contributed by atoms with Crippen LogP contribution >= 0.6 is 0 Å². The lowest BCUT2D eigenvalue weighted by atomic mass is 9.85. The molecule has 7 heteroatoms. The highest BCUT2D eigenvalue weighted by atomic mass is 16.5. The van der Waals surface area contributed by atoms with Gasteiger partial charge in [-0.25, -0.2) is 0 Å². The van der Waals surface area contributed by atoms with Crippen molar-refractivity contribution in [1.82, 2.24) is 4.90 Å². The summed E-state index contributed by atoms with van der Waals surface area (Å²) in [5.74, 6) is 0.485. The summed E-state index contributed by atoms with van der Waals surface area (Å²) in [5.41, 5.74) is 5.42. The standard InChI is InChI=1S/C21H22N2O5/c1-13(24)14-5-4-6-15(11-14)28-16-7-8-18(27-3)17(12-16)21(20(22)26)10-9-19(25)23(21)2/h4-8,11-12H,9-10H2,1-3H3,(H2,22,26). The van der Waals surface area contributed by atoms with E-state index in [1.807, 2.05) is 0 Å². The van der Waals surface area contributed by atoms with Crippen molar-refractivity contribution in [1.29, 1.82) is 0 Å². The fourth-order valence-corrected chi connectivity index (χ4v) is 3.56. The van der Waals surface area contributed by atoms with Gasteiger partial charge in [0.2, 0.25) is 11.8 Å². The maximum atomic E-state index is 12.4. The number of carbonyl (C=O) groups is 3. The molecule has 0 saturated carbocycles. The number of hydrogen-bond acceptors (Lipinski definition) is 5. The molecular weight excluding hydrogens is 360 g/mol. The minimum atomic E-state index is -1.30. The summed E-state index contributed by atoms with van der Waals surface area (Å²) in [4.78, 5) is 37.5. The molecule has 7 nitrogen and oxygen atoms in total. The van der Waals surface area contributed by atoms with Crippen molar-refractivity contribution in [2.75, 3.05) is 14.2 Å². The van der Waals surface area contributed by atoms with Crippen LogP contribution in [-0.2, 0) is 15.1 Å². The Kier molecular flexibility index (Phi) is 5.09. The van der Waals surface area contributed by atoms with Crippen LogP contribution in [0.4, 0.5) is 0 Å². The third-order valence-electron chi connectivity index (χ3n) is 5.15. The summed E-state index contributed by atoms with van der Waals surface area (Å²) in [6.07, 6.45) is 0.478. The Morgan fingerprint density at radius 1 is 1.14 bits per heavy atom. The number of carbonyl (C=O) groups excluding carboxylic acids is 3. The molecule has 0 aromatic heterocycles. The van der Waals surface area contributed by atoms with Gasteiger partial charge < -0.3 is 20.1 Å². The highest BCUT2D eigenvalue weighted by molar-refractivity contribution is 5.95. The molecule has 0 radical (unpaired) electrons. The van der Waals surface area contributed by atoms with E-state index < -0.39 is 11.4 Å². The predicted molar refractivity (Wildman–Crippen MR) is 102 cm³/mol. The van der Waals surface area contributed by atoms with Crippen LogP contribution in [0.2, 0.25) is 0 Å². The highest BCUT2D eigenvalue weighted by Gasteiger charge is 2.51. The Bertz CT molecular complexity index is 956. The number of amides is 2. The average Bonchev–Trinajstić information content (AvgIpc) is 2.98. The fourth-order valence-electron chi connectivity index (χ4n) is 3.56. The van der Waals surface area contributed by atoms with Gasteiger partial charge in [0.05, 0.1) is 7.11 Å². The first kappa shape index (κ1) is 19.4. The van der Waals surface area contributed by atoms with E-state index in [0.717, 1.165) is 0 Å². The average molecular weight is 382 g/mol. The summed E-state index contributed by atoms with van der Waals surface area (Å²) in [6, 6.07) is 11.8. The van der Waals surface area contributed by atoms with Gasteiger partial charge in [-0.3, -0.25) is 14.4 Å². The minimum absolute atomic E-state index is 0.0698. The first-order valence-corrected chi connectivity index (χ1v) is 8.83. The van der Waals surface area contributed by atoms with Gasteiger partial charge in [-0.15, -0.1) is 0 Å². The molecule has 146 valence electrons. The molecule has 1 aliphatic heterocycles. The molecule has 1 fully saturated rings. The molecule has 0 spiro atoms. The quantitative estimate of drug-likeness (QED) is 0.775. The third-order valence-corrected chi connectivity index (χ3v) is 5.15. The number of ether oxygens (including phenoxy) is 2. The van der Waals surface area contributed by atoms with Gasteiger partial charge in [-0.1, -0.05) is 12.1 Å². The summed E-state index contributed by atoms with van der Waals surface area (Å²) < 4.78 is 11.3. The first-order chi connectivity index (χ1) is 13.3. The van der Waals surface area contributed by atoms with Crippen molar-refractivity contribution in [2.24, 2.45) is 5.73 Å². The van der Waals surface area contributed by atoms with Gasteiger partial charge in [-0.05, 0) is 43.7 Å². The van der Waals surface area contributed by atoms with Crippen molar-refractivity contribution in [3.8, 4) is 17.2 Å². The van der Waals surface area contributed by atoms with Crippen LogP contribution in [0.5, 0.6) is 17.2 Å². The van der Waals surface area contributed by atoms with Crippen LogP contribution in [0.1, 0.15) is 35.7 Å². The maximum Gasteiger partial charge on any atom is 0.248 e. The normalized spacial score (nSPS) is 18.8. The number of nitrogens with two attached hydrogens (primary N) is 1. The van der Waals surface area contributed by atoms with Crippen molar-refractivity contribution < 1.29 is 23.9 Å². The maximum absolute atomic E-state index is 12.4. The number of nitrogens with zero attached hydrogens (tertiary/aromatic N) is 1. The zero-order chi connectivity index (χ0) is 20.5. The van der Waals surface area contributed by atoms with E-state index in [2.05, 4.69) is 0 Å².